The molecule has 3 aromatic rings. The van der Waals surface area contributed by atoms with E-state index in [4.69, 9.17) is 9.47 Å². The normalized spacial score (nSPS) is 21.0. The minimum atomic E-state index is -1.00. The van der Waals surface area contributed by atoms with Crippen molar-refractivity contribution in [2.24, 2.45) is 0 Å². The minimum Gasteiger partial charge on any atom is -0.493 e. The number of fused-ring (bicyclic) bond motifs is 5. The molecule has 1 fully saturated rings. The van der Waals surface area contributed by atoms with Crippen LogP contribution in [0.25, 0.3) is 10.9 Å². The van der Waals surface area contributed by atoms with Crippen molar-refractivity contribution in [1.29, 1.82) is 0 Å². The van der Waals surface area contributed by atoms with E-state index in [-0.39, 0.29) is 24.8 Å². The average Bonchev–Trinajstić information content (AvgIpc) is 3.51. The van der Waals surface area contributed by atoms with Crippen LogP contribution < -0.4 is 25.4 Å². The van der Waals surface area contributed by atoms with Crippen molar-refractivity contribution in [2.45, 2.75) is 50.6 Å². The number of ether oxygens (including phenoxy) is 2. The molecule has 4 bridgehead atoms. The second kappa shape index (κ2) is 12.8. The van der Waals surface area contributed by atoms with Crippen LogP contribution in [-0.2, 0) is 27.2 Å². The number of para-hydroxylation sites is 1. The van der Waals surface area contributed by atoms with E-state index in [0.29, 0.717) is 56.7 Å². The highest BCUT2D eigenvalue weighted by Crippen LogP contribution is 2.29. The first-order valence-electron chi connectivity index (χ1n) is 14.0. The van der Waals surface area contributed by atoms with Crippen molar-refractivity contribution >= 4 is 34.7 Å². The van der Waals surface area contributed by atoms with Crippen molar-refractivity contribution in [3.8, 4) is 11.5 Å². The zero-order valence-electron chi connectivity index (χ0n) is 23.0. The molecule has 4 N–H and O–H groups in total. The van der Waals surface area contributed by atoms with Crippen LogP contribution in [0.3, 0.4) is 0 Å². The molecule has 2 aromatic carbocycles. The lowest BCUT2D eigenvalue weighted by Crippen LogP contribution is -2.51. The van der Waals surface area contributed by atoms with Crippen LogP contribution in [0.5, 0.6) is 11.5 Å². The van der Waals surface area contributed by atoms with Gasteiger partial charge in [0.25, 0.3) is 11.8 Å². The molecule has 2 aliphatic heterocycles. The molecule has 2 aliphatic rings. The van der Waals surface area contributed by atoms with Gasteiger partial charge in [-0.15, -0.1) is 0 Å². The molecule has 216 valence electrons. The third-order valence-electron chi connectivity index (χ3n) is 7.52. The molecule has 11 nitrogen and oxygen atoms in total. The van der Waals surface area contributed by atoms with E-state index in [9.17, 15) is 19.2 Å². The summed E-state index contributed by atoms with van der Waals surface area (Å²) in [6.07, 6.45) is 4.87. The minimum absolute atomic E-state index is 0.153. The van der Waals surface area contributed by atoms with Crippen LogP contribution in [-0.4, -0.2) is 72.5 Å². The van der Waals surface area contributed by atoms with Gasteiger partial charge in [0.1, 0.15) is 12.1 Å². The Balaban J connectivity index is 1.37. The molecule has 0 aliphatic carbocycles. The number of methoxy groups -OCH3 is 1. The number of carbonyl (C=O) groups is 4. The highest BCUT2D eigenvalue weighted by Gasteiger charge is 2.44. The number of benzene rings is 2. The molecular formula is C30H35N5O6. The summed E-state index contributed by atoms with van der Waals surface area (Å²) in [6.45, 7) is 0.601. The van der Waals surface area contributed by atoms with Crippen molar-refractivity contribution in [3.63, 3.8) is 0 Å². The fraction of sp³-hybridized carbons (Fsp3) is 0.400. The van der Waals surface area contributed by atoms with Crippen LogP contribution in [0.4, 0.5) is 4.79 Å². The number of aryl methyl sites for hydroxylation is 1. The number of hydrogen-bond donors (Lipinski definition) is 4. The lowest BCUT2D eigenvalue weighted by atomic mass is 10.0. The fourth-order valence-electron chi connectivity index (χ4n) is 5.36. The number of nitrogens with one attached hydrogen (secondary N) is 4. The quantitative estimate of drug-likeness (QED) is 0.362. The Labute approximate surface area is 237 Å². The van der Waals surface area contributed by atoms with Crippen molar-refractivity contribution in [3.05, 3.63) is 59.8 Å². The lowest BCUT2D eigenvalue weighted by Gasteiger charge is -2.25. The lowest BCUT2D eigenvalue weighted by molar-refractivity contribution is -0.136. The van der Waals surface area contributed by atoms with E-state index in [1.165, 1.54) is 0 Å². The molecule has 0 unspecified atom stereocenters. The first kappa shape index (κ1) is 28.0. The van der Waals surface area contributed by atoms with Crippen LogP contribution in [0.15, 0.2) is 48.7 Å². The summed E-state index contributed by atoms with van der Waals surface area (Å²) < 4.78 is 11.1. The number of imide groups is 1. The molecular weight excluding hydrogens is 526 g/mol. The van der Waals surface area contributed by atoms with E-state index < -0.39 is 24.0 Å². The molecule has 5 rings (SSSR count). The molecule has 2 atom stereocenters. The Hall–Kier alpha value is -4.54. The Morgan fingerprint density at radius 1 is 1.00 bits per heavy atom. The van der Waals surface area contributed by atoms with Gasteiger partial charge >= 0.3 is 6.03 Å². The predicted molar refractivity (Wildman–Crippen MR) is 152 cm³/mol. The third kappa shape index (κ3) is 6.45. The Bertz CT molecular complexity index is 1440. The number of aromatic nitrogens is 1. The molecule has 5 amide bonds. The van der Waals surface area contributed by atoms with Crippen LogP contribution in [0.1, 0.15) is 36.8 Å². The summed E-state index contributed by atoms with van der Waals surface area (Å²) >= 11 is 0. The summed E-state index contributed by atoms with van der Waals surface area (Å²) in [5.74, 6) is -0.0395. The monoisotopic (exact) mass is 561 g/mol. The first-order valence-corrected chi connectivity index (χ1v) is 14.0. The second-order valence-corrected chi connectivity index (χ2v) is 10.3. The Morgan fingerprint density at radius 3 is 2.68 bits per heavy atom. The van der Waals surface area contributed by atoms with Gasteiger partial charge in [0.15, 0.2) is 18.1 Å². The van der Waals surface area contributed by atoms with E-state index in [1.54, 1.807) is 13.2 Å². The Kier molecular flexibility index (Phi) is 8.71. The van der Waals surface area contributed by atoms with Crippen LogP contribution in [0.2, 0.25) is 0 Å². The summed E-state index contributed by atoms with van der Waals surface area (Å²) in [4.78, 5) is 56.6. The van der Waals surface area contributed by atoms with Gasteiger partial charge in [-0.05, 0) is 61.4 Å². The first-order chi connectivity index (χ1) is 19.9. The smallest absolute Gasteiger partial charge is 0.325 e. The number of rotatable bonds is 3. The maximum Gasteiger partial charge on any atom is 0.325 e. The second-order valence-electron chi connectivity index (χ2n) is 10.3. The van der Waals surface area contributed by atoms with Gasteiger partial charge in [-0.1, -0.05) is 24.3 Å². The molecule has 11 heteroatoms. The number of H-pyrrole nitrogens is 1. The summed E-state index contributed by atoms with van der Waals surface area (Å²) in [5, 5.41) is 9.46. The maximum atomic E-state index is 13.6. The molecule has 0 spiro atoms. The van der Waals surface area contributed by atoms with Gasteiger partial charge in [-0.3, -0.25) is 14.4 Å². The number of amides is 5. The van der Waals surface area contributed by atoms with Crippen LogP contribution in [0, 0.1) is 0 Å². The highest BCUT2D eigenvalue weighted by atomic mass is 16.5. The average molecular weight is 562 g/mol. The molecule has 41 heavy (non-hydrogen) atoms. The van der Waals surface area contributed by atoms with Gasteiger partial charge < -0.3 is 30.4 Å². The SMILES string of the molecule is COc1ccc2cc1OCC(=O)NCCCC[C@H]1NC(=O)N(C1=O)[C@@H](Cc1c[nH]c3ccccc13)C(=O)NCCC2. The number of hydrogen-bond acceptors (Lipinski definition) is 6. The van der Waals surface area contributed by atoms with Gasteiger partial charge in [-0.2, -0.15) is 0 Å². The molecule has 0 saturated carbocycles. The number of nitrogens with zero attached hydrogens (tertiary/aromatic N) is 1. The highest BCUT2D eigenvalue weighted by molar-refractivity contribution is 6.07. The number of aromatic amines is 1. The standard InChI is InChI=1S/C30H35N5O6/c1-40-25-12-11-19-7-6-14-32-28(37)24(16-20-17-33-22-9-3-2-8-21(20)22)35-29(38)23(34-30(35)39)10-4-5-13-31-27(36)18-41-26(25)15-19/h2-3,8-9,11-12,15,17,23-24,33H,4-7,10,13-14,16,18H2,1H3,(H,31,36)(H,32,37)(H,34,39)/t23-,24+/m1/s1. The van der Waals surface area contributed by atoms with E-state index in [0.717, 1.165) is 26.9 Å². The maximum absolute atomic E-state index is 13.6. The van der Waals surface area contributed by atoms with Gasteiger partial charge in [0, 0.05) is 36.6 Å². The molecule has 0 radical (unpaired) electrons. The Morgan fingerprint density at radius 2 is 1.83 bits per heavy atom. The summed E-state index contributed by atoms with van der Waals surface area (Å²) in [7, 11) is 1.54. The molecule has 1 aromatic heterocycles. The number of carbonyl (C=O) groups excluding carboxylic acids is 4. The summed E-state index contributed by atoms with van der Waals surface area (Å²) in [6, 6.07) is 11.0. The van der Waals surface area contributed by atoms with Crippen molar-refractivity contribution in [1.82, 2.24) is 25.8 Å². The molecule has 1 saturated heterocycles. The zero-order chi connectivity index (χ0) is 28.8. The van der Waals surface area contributed by atoms with E-state index in [2.05, 4.69) is 20.9 Å². The van der Waals surface area contributed by atoms with Gasteiger partial charge in [-0.25, -0.2) is 9.69 Å². The van der Waals surface area contributed by atoms with Gasteiger partial charge in [0.2, 0.25) is 5.91 Å². The van der Waals surface area contributed by atoms with E-state index >= 15 is 0 Å². The van der Waals surface area contributed by atoms with Crippen molar-refractivity contribution < 1.29 is 28.7 Å². The fourth-order valence-corrected chi connectivity index (χ4v) is 5.36. The molecule has 3 heterocycles. The topological polar surface area (TPSA) is 142 Å². The number of urea groups is 1. The predicted octanol–water partition coefficient (Wildman–Crippen LogP) is 2.44. The van der Waals surface area contributed by atoms with Crippen molar-refractivity contribution in [2.75, 3.05) is 26.8 Å². The summed E-state index contributed by atoms with van der Waals surface area (Å²) in [5.41, 5.74) is 2.72. The largest absolute Gasteiger partial charge is 0.493 e. The third-order valence-corrected chi connectivity index (χ3v) is 7.52. The van der Waals surface area contributed by atoms with E-state index in [1.807, 2.05) is 42.6 Å². The van der Waals surface area contributed by atoms with Crippen LogP contribution >= 0.6 is 0 Å². The van der Waals surface area contributed by atoms with Gasteiger partial charge in [0.05, 0.1) is 7.11 Å². The zero-order valence-corrected chi connectivity index (χ0v) is 23.0.